The van der Waals surface area contributed by atoms with Gasteiger partial charge in [-0.2, -0.15) is 0 Å². The predicted octanol–water partition coefficient (Wildman–Crippen LogP) is 1.13. The summed E-state index contributed by atoms with van der Waals surface area (Å²) in [5.41, 5.74) is 0. The number of hydrogen-bond donors (Lipinski definition) is 0. The quantitative estimate of drug-likeness (QED) is 0.444. The second kappa shape index (κ2) is 3.62. The number of halogens is 1. The van der Waals surface area contributed by atoms with Gasteiger partial charge in [-0.15, -0.1) is 18.2 Å². The molecule has 0 saturated heterocycles. The molecule has 0 amide bonds. The van der Waals surface area contributed by atoms with Gasteiger partial charge in [0.05, 0.1) is 12.4 Å². The van der Waals surface area contributed by atoms with E-state index >= 15 is 0 Å². The Hall–Kier alpha value is -0.500. The normalized spacial score (nSPS) is 17.3. The Balaban J connectivity index is 2.45. The van der Waals surface area contributed by atoms with Crippen molar-refractivity contribution in [3.05, 3.63) is 12.7 Å². The Labute approximate surface area is 66.2 Å². The molecule has 0 aromatic heterocycles. The third-order valence-electron chi connectivity index (χ3n) is 1.50. The van der Waals surface area contributed by atoms with Gasteiger partial charge in [-0.3, -0.25) is 4.99 Å². The highest BCUT2D eigenvalue weighted by atomic mass is 35.5. The van der Waals surface area contributed by atoms with Crippen LogP contribution in [0.1, 0.15) is 0 Å². The second-order valence-electron chi connectivity index (χ2n) is 2.17. The van der Waals surface area contributed by atoms with Crippen LogP contribution in [0.4, 0.5) is 0 Å². The van der Waals surface area contributed by atoms with Crippen molar-refractivity contribution in [3.8, 4) is 0 Å². The van der Waals surface area contributed by atoms with E-state index in [-0.39, 0.29) is 0 Å². The third-order valence-corrected chi connectivity index (χ3v) is 1.74. The summed E-state index contributed by atoms with van der Waals surface area (Å²) < 4.78 is 0. The van der Waals surface area contributed by atoms with Gasteiger partial charge in [0.1, 0.15) is 5.84 Å². The van der Waals surface area contributed by atoms with Crippen molar-refractivity contribution in [2.75, 3.05) is 25.5 Å². The van der Waals surface area contributed by atoms with Gasteiger partial charge in [-0.25, -0.2) is 0 Å². The highest BCUT2D eigenvalue weighted by Crippen LogP contribution is 2.02. The molecule has 10 heavy (non-hydrogen) atoms. The fraction of sp³-hybridized carbons (Fsp3) is 0.571. The smallest absolute Gasteiger partial charge is 0.114 e. The molecule has 1 rings (SSSR count). The Morgan fingerprint density at radius 1 is 1.80 bits per heavy atom. The molecule has 1 aliphatic heterocycles. The summed E-state index contributed by atoms with van der Waals surface area (Å²) >= 11 is 5.63. The molecular weight excluding hydrogens is 148 g/mol. The van der Waals surface area contributed by atoms with Crippen LogP contribution in [-0.2, 0) is 0 Å². The Bertz CT molecular complexity index is 154. The van der Waals surface area contributed by atoms with E-state index in [9.17, 15) is 0 Å². The number of aliphatic imine (C=N–C) groups is 1. The number of nitrogens with zero attached hydrogens (tertiary/aromatic N) is 2. The maximum atomic E-state index is 5.63. The van der Waals surface area contributed by atoms with E-state index in [4.69, 9.17) is 11.6 Å². The summed E-state index contributed by atoms with van der Waals surface area (Å²) in [6.45, 7) is 6.40. The molecule has 0 bridgehead atoms. The molecule has 0 aromatic rings. The van der Waals surface area contributed by atoms with Crippen LogP contribution in [0.15, 0.2) is 17.6 Å². The van der Waals surface area contributed by atoms with Crippen LogP contribution in [0.3, 0.4) is 0 Å². The lowest BCUT2D eigenvalue weighted by molar-refractivity contribution is 0.505. The van der Waals surface area contributed by atoms with E-state index in [1.807, 2.05) is 6.08 Å². The molecule has 0 radical (unpaired) electrons. The van der Waals surface area contributed by atoms with E-state index in [1.54, 1.807) is 0 Å². The minimum atomic E-state index is 0.522. The van der Waals surface area contributed by atoms with Gasteiger partial charge in [0.2, 0.25) is 0 Å². The molecule has 56 valence electrons. The molecule has 1 heterocycles. The van der Waals surface area contributed by atoms with Crippen molar-refractivity contribution in [1.82, 2.24) is 4.90 Å². The van der Waals surface area contributed by atoms with E-state index in [2.05, 4.69) is 16.5 Å². The minimum Gasteiger partial charge on any atom is -0.354 e. The highest BCUT2D eigenvalue weighted by molar-refractivity contribution is 6.28. The monoisotopic (exact) mass is 158 g/mol. The molecule has 0 saturated carbocycles. The van der Waals surface area contributed by atoms with Crippen LogP contribution >= 0.6 is 11.6 Å². The Kier molecular flexibility index (Phi) is 2.75. The highest BCUT2D eigenvalue weighted by Gasteiger charge is 2.12. The standard InChI is InChI=1S/C7H11ClN2/c1-2-4-10-5-3-9-7(10)6-8/h2H,1,3-6H2. The lowest BCUT2D eigenvalue weighted by atomic mass is 10.5. The van der Waals surface area contributed by atoms with Crippen molar-refractivity contribution in [1.29, 1.82) is 0 Å². The number of alkyl halides is 1. The topological polar surface area (TPSA) is 15.6 Å². The Morgan fingerprint density at radius 2 is 2.60 bits per heavy atom. The lowest BCUT2D eigenvalue weighted by Gasteiger charge is -2.15. The summed E-state index contributed by atoms with van der Waals surface area (Å²) in [4.78, 5) is 6.36. The summed E-state index contributed by atoms with van der Waals surface area (Å²) in [5, 5.41) is 0. The minimum absolute atomic E-state index is 0.522. The zero-order valence-corrected chi connectivity index (χ0v) is 6.64. The van der Waals surface area contributed by atoms with Crippen LogP contribution in [0.2, 0.25) is 0 Å². The summed E-state index contributed by atoms with van der Waals surface area (Å²) in [5.74, 6) is 1.52. The maximum Gasteiger partial charge on any atom is 0.114 e. The van der Waals surface area contributed by atoms with Crippen molar-refractivity contribution in [3.63, 3.8) is 0 Å². The second-order valence-corrected chi connectivity index (χ2v) is 2.43. The average Bonchev–Trinajstić information content (AvgIpc) is 2.36. The molecular formula is C7H11ClN2. The molecule has 0 aromatic carbocycles. The SMILES string of the molecule is C=CCN1CCN=C1CCl. The summed E-state index contributed by atoms with van der Waals surface area (Å²) in [6.07, 6.45) is 1.87. The van der Waals surface area contributed by atoms with Gasteiger partial charge in [0.15, 0.2) is 0 Å². The van der Waals surface area contributed by atoms with Crippen molar-refractivity contribution >= 4 is 17.4 Å². The molecule has 0 atom stereocenters. The first-order valence-electron chi connectivity index (χ1n) is 3.33. The fourth-order valence-electron chi connectivity index (χ4n) is 1.01. The molecule has 0 spiro atoms. The van der Waals surface area contributed by atoms with Crippen molar-refractivity contribution in [2.45, 2.75) is 0 Å². The lowest BCUT2D eigenvalue weighted by Crippen LogP contribution is -2.28. The van der Waals surface area contributed by atoms with Crippen LogP contribution in [0.25, 0.3) is 0 Å². The fourth-order valence-corrected chi connectivity index (χ4v) is 1.26. The Morgan fingerprint density at radius 3 is 3.20 bits per heavy atom. The van der Waals surface area contributed by atoms with E-state index in [0.29, 0.717) is 5.88 Å². The zero-order valence-electron chi connectivity index (χ0n) is 5.89. The molecule has 1 aliphatic rings. The summed E-state index contributed by atoms with van der Waals surface area (Å²) in [7, 11) is 0. The molecule has 2 nitrogen and oxygen atoms in total. The van der Waals surface area contributed by atoms with Crippen molar-refractivity contribution in [2.24, 2.45) is 4.99 Å². The predicted molar refractivity (Wildman–Crippen MR) is 44.8 cm³/mol. The van der Waals surface area contributed by atoms with Gasteiger partial charge < -0.3 is 4.90 Å². The van der Waals surface area contributed by atoms with Gasteiger partial charge in [-0.1, -0.05) is 6.08 Å². The third kappa shape index (κ3) is 1.51. The molecule has 0 unspecified atom stereocenters. The van der Waals surface area contributed by atoms with Crippen LogP contribution in [0.5, 0.6) is 0 Å². The van der Waals surface area contributed by atoms with Crippen molar-refractivity contribution < 1.29 is 0 Å². The van der Waals surface area contributed by atoms with Gasteiger partial charge in [0.25, 0.3) is 0 Å². The molecule has 0 N–H and O–H groups in total. The first kappa shape index (κ1) is 7.61. The summed E-state index contributed by atoms with van der Waals surface area (Å²) in [6, 6.07) is 0. The number of amidine groups is 1. The first-order chi connectivity index (χ1) is 4.88. The van der Waals surface area contributed by atoms with Gasteiger partial charge in [-0.05, 0) is 0 Å². The van der Waals surface area contributed by atoms with Crippen LogP contribution < -0.4 is 0 Å². The molecule has 3 heteroatoms. The average molecular weight is 159 g/mol. The van der Waals surface area contributed by atoms with Gasteiger partial charge in [0, 0.05) is 13.1 Å². The maximum absolute atomic E-state index is 5.63. The largest absolute Gasteiger partial charge is 0.354 e. The molecule has 0 fully saturated rings. The zero-order chi connectivity index (χ0) is 7.40. The number of rotatable bonds is 3. The molecule has 0 aliphatic carbocycles. The number of hydrogen-bond acceptors (Lipinski definition) is 2. The van der Waals surface area contributed by atoms with E-state index in [0.717, 1.165) is 25.5 Å². The van der Waals surface area contributed by atoms with E-state index < -0.39 is 0 Å². The van der Waals surface area contributed by atoms with Crippen LogP contribution in [0, 0.1) is 0 Å². The van der Waals surface area contributed by atoms with Gasteiger partial charge >= 0.3 is 0 Å². The first-order valence-corrected chi connectivity index (χ1v) is 3.87. The van der Waals surface area contributed by atoms with Crippen LogP contribution in [-0.4, -0.2) is 36.2 Å². The van der Waals surface area contributed by atoms with E-state index in [1.165, 1.54) is 0 Å².